The molecule has 1 unspecified atom stereocenters. The van der Waals surface area contributed by atoms with E-state index in [0.717, 1.165) is 18.6 Å². The third-order valence-corrected chi connectivity index (χ3v) is 3.27. The maximum absolute atomic E-state index is 10.8. The van der Waals surface area contributed by atoms with Crippen molar-refractivity contribution in [1.29, 1.82) is 0 Å². The van der Waals surface area contributed by atoms with Crippen LogP contribution in [-0.2, 0) is 11.2 Å². The summed E-state index contributed by atoms with van der Waals surface area (Å²) in [6.45, 7) is 2.34. The molecule has 0 amide bonds. The van der Waals surface area contributed by atoms with Gasteiger partial charge in [-0.05, 0) is 37.5 Å². The Bertz CT molecular complexity index is 462. The molecular formula is C16H21NO3. The minimum Gasteiger partial charge on any atom is -0.497 e. The van der Waals surface area contributed by atoms with E-state index in [9.17, 15) is 4.79 Å². The Labute approximate surface area is 120 Å². The molecule has 0 fully saturated rings. The standard InChI is InChI=1S/C16H21NO3/c1-4-11-17(12-16(18)19)13(2)5-6-14-7-9-15(20-3)10-8-14/h1,7-10,13H,5-6,11-12H2,2-3H3,(H,18,19). The predicted molar refractivity (Wildman–Crippen MR) is 78.8 cm³/mol. The van der Waals surface area contributed by atoms with Gasteiger partial charge >= 0.3 is 5.97 Å². The van der Waals surface area contributed by atoms with Crippen LogP contribution in [0, 0.1) is 12.3 Å². The first-order valence-electron chi connectivity index (χ1n) is 6.59. The van der Waals surface area contributed by atoms with E-state index in [1.807, 2.05) is 31.2 Å². The van der Waals surface area contributed by atoms with E-state index in [1.54, 1.807) is 12.0 Å². The maximum atomic E-state index is 10.8. The van der Waals surface area contributed by atoms with Gasteiger partial charge in [0.1, 0.15) is 5.75 Å². The first kappa shape index (κ1) is 16.1. The Morgan fingerprint density at radius 3 is 2.60 bits per heavy atom. The Morgan fingerprint density at radius 1 is 1.45 bits per heavy atom. The summed E-state index contributed by atoms with van der Waals surface area (Å²) in [5.41, 5.74) is 1.20. The van der Waals surface area contributed by atoms with Crippen molar-refractivity contribution in [3.05, 3.63) is 29.8 Å². The number of hydrogen-bond donors (Lipinski definition) is 1. The fraction of sp³-hybridized carbons (Fsp3) is 0.438. The molecule has 0 spiro atoms. The summed E-state index contributed by atoms with van der Waals surface area (Å²) >= 11 is 0. The second kappa shape index (κ2) is 8.23. The van der Waals surface area contributed by atoms with E-state index in [4.69, 9.17) is 16.3 Å². The Hall–Kier alpha value is -1.99. The van der Waals surface area contributed by atoms with Crippen LogP contribution in [0.5, 0.6) is 5.75 Å². The van der Waals surface area contributed by atoms with Crippen LogP contribution in [-0.4, -0.2) is 42.2 Å². The van der Waals surface area contributed by atoms with Gasteiger partial charge in [-0.15, -0.1) is 6.42 Å². The Balaban J connectivity index is 2.52. The number of benzene rings is 1. The number of carboxylic acid groups (broad SMARTS) is 1. The zero-order valence-corrected chi connectivity index (χ0v) is 12.0. The highest BCUT2D eigenvalue weighted by Crippen LogP contribution is 2.14. The van der Waals surface area contributed by atoms with Crippen molar-refractivity contribution in [3.8, 4) is 18.1 Å². The molecule has 0 radical (unpaired) electrons. The van der Waals surface area contributed by atoms with Crippen molar-refractivity contribution >= 4 is 5.97 Å². The van der Waals surface area contributed by atoms with Crippen LogP contribution < -0.4 is 4.74 Å². The maximum Gasteiger partial charge on any atom is 0.317 e. The molecule has 1 rings (SSSR count). The molecule has 4 nitrogen and oxygen atoms in total. The van der Waals surface area contributed by atoms with Gasteiger partial charge in [0.2, 0.25) is 0 Å². The van der Waals surface area contributed by atoms with Gasteiger partial charge in [0, 0.05) is 6.04 Å². The number of aliphatic carboxylic acids is 1. The summed E-state index contributed by atoms with van der Waals surface area (Å²) in [7, 11) is 1.64. The van der Waals surface area contributed by atoms with E-state index in [2.05, 4.69) is 5.92 Å². The largest absolute Gasteiger partial charge is 0.497 e. The molecule has 0 saturated heterocycles. The van der Waals surface area contributed by atoms with Crippen LogP contribution in [0.25, 0.3) is 0 Å². The summed E-state index contributed by atoms with van der Waals surface area (Å²) < 4.78 is 5.11. The van der Waals surface area contributed by atoms with Crippen LogP contribution in [0.2, 0.25) is 0 Å². The lowest BCUT2D eigenvalue weighted by atomic mass is 10.0. The summed E-state index contributed by atoms with van der Waals surface area (Å²) in [5, 5.41) is 8.88. The number of nitrogens with zero attached hydrogens (tertiary/aromatic N) is 1. The monoisotopic (exact) mass is 275 g/mol. The highest BCUT2D eigenvalue weighted by Gasteiger charge is 2.15. The average molecular weight is 275 g/mol. The second-order valence-electron chi connectivity index (χ2n) is 4.74. The molecule has 0 aliphatic carbocycles. The molecule has 1 aromatic rings. The molecule has 0 bridgehead atoms. The highest BCUT2D eigenvalue weighted by molar-refractivity contribution is 5.69. The Morgan fingerprint density at radius 2 is 2.10 bits per heavy atom. The zero-order chi connectivity index (χ0) is 15.0. The number of methoxy groups -OCH3 is 1. The lowest BCUT2D eigenvalue weighted by molar-refractivity contribution is -0.138. The molecule has 1 atom stereocenters. The molecular weight excluding hydrogens is 254 g/mol. The van der Waals surface area contributed by atoms with Crippen molar-refractivity contribution in [1.82, 2.24) is 4.90 Å². The minimum absolute atomic E-state index is 0.0199. The van der Waals surface area contributed by atoms with Crippen molar-refractivity contribution in [3.63, 3.8) is 0 Å². The van der Waals surface area contributed by atoms with E-state index in [0.29, 0.717) is 6.54 Å². The van der Waals surface area contributed by atoms with Crippen LogP contribution in [0.3, 0.4) is 0 Å². The number of terminal acetylenes is 1. The number of aryl methyl sites for hydroxylation is 1. The molecule has 0 aromatic heterocycles. The molecule has 0 heterocycles. The normalized spacial score (nSPS) is 11.9. The number of rotatable bonds is 8. The molecule has 4 heteroatoms. The van der Waals surface area contributed by atoms with Gasteiger partial charge < -0.3 is 9.84 Å². The van der Waals surface area contributed by atoms with Crippen LogP contribution in [0.1, 0.15) is 18.9 Å². The van der Waals surface area contributed by atoms with Crippen molar-refractivity contribution < 1.29 is 14.6 Å². The van der Waals surface area contributed by atoms with E-state index >= 15 is 0 Å². The van der Waals surface area contributed by atoms with E-state index in [-0.39, 0.29) is 12.6 Å². The minimum atomic E-state index is -0.850. The molecule has 108 valence electrons. The molecule has 0 aliphatic heterocycles. The fourth-order valence-electron chi connectivity index (χ4n) is 2.01. The smallest absolute Gasteiger partial charge is 0.317 e. The number of carboxylic acids is 1. The van der Waals surface area contributed by atoms with Gasteiger partial charge in [0.05, 0.1) is 20.2 Å². The van der Waals surface area contributed by atoms with Crippen LogP contribution >= 0.6 is 0 Å². The van der Waals surface area contributed by atoms with Gasteiger partial charge in [-0.2, -0.15) is 0 Å². The summed E-state index contributed by atoms with van der Waals surface area (Å²) in [5.74, 6) is 2.50. The number of ether oxygens (including phenoxy) is 1. The number of hydrogen-bond acceptors (Lipinski definition) is 3. The molecule has 1 aromatic carbocycles. The summed E-state index contributed by atoms with van der Waals surface area (Å²) in [4.78, 5) is 12.6. The van der Waals surface area contributed by atoms with E-state index in [1.165, 1.54) is 5.56 Å². The van der Waals surface area contributed by atoms with Gasteiger partial charge in [-0.1, -0.05) is 18.1 Å². The van der Waals surface area contributed by atoms with Crippen LogP contribution in [0.15, 0.2) is 24.3 Å². The van der Waals surface area contributed by atoms with Gasteiger partial charge in [-0.3, -0.25) is 9.69 Å². The third kappa shape index (κ3) is 5.33. The highest BCUT2D eigenvalue weighted by atomic mass is 16.5. The Kier molecular flexibility index (Phi) is 6.61. The number of carbonyl (C=O) groups is 1. The lowest BCUT2D eigenvalue weighted by Crippen LogP contribution is -2.37. The van der Waals surface area contributed by atoms with Gasteiger partial charge in [0.15, 0.2) is 0 Å². The lowest BCUT2D eigenvalue weighted by Gasteiger charge is -2.25. The van der Waals surface area contributed by atoms with Gasteiger partial charge in [0.25, 0.3) is 0 Å². The molecule has 0 aliphatic rings. The predicted octanol–water partition coefficient (Wildman–Crippen LogP) is 2.04. The third-order valence-electron chi connectivity index (χ3n) is 3.27. The summed E-state index contributed by atoms with van der Waals surface area (Å²) in [6.07, 6.45) is 7.03. The second-order valence-corrected chi connectivity index (χ2v) is 4.74. The fourth-order valence-corrected chi connectivity index (χ4v) is 2.01. The van der Waals surface area contributed by atoms with E-state index < -0.39 is 5.97 Å². The van der Waals surface area contributed by atoms with Crippen molar-refractivity contribution in [2.75, 3.05) is 20.2 Å². The first-order chi connectivity index (χ1) is 9.56. The van der Waals surface area contributed by atoms with Crippen molar-refractivity contribution in [2.45, 2.75) is 25.8 Å². The topological polar surface area (TPSA) is 49.8 Å². The average Bonchev–Trinajstić information content (AvgIpc) is 2.44. The zero-order valence-electron chi connectivity index (χ0n) is 12.0. The quantitative estimate of drug-likeness (QED) is 0.738. The van der Waals surface area contributed by atoms with Crippen molar-refractivity contribution in [2.24, 2.45) is 0 Å². The molecule has 20 heavy (non-hydrogen) atoms. The summed E-state index contributed by atoms with van der Waals surface area (Å²) in [6, 6.07) is 8.03. The SMILES string of the molecule is C#CCN(CC(=O)O)C(C)CCc1ccc(OC)cc1. The van der Waals surface area contributed by atoms with Gasteiger partial charge in [-0.25, -0.2) is 0 Å². The van der Waals surface area contributed by atoms with Crippen LogP contribution in [0.4, 0.5) is 0 Å². The molecule has 0 saturated carbocycles. The first-order valence-corrected chi connectivity index (χ1v) is 6.59. The molecule has 1 N–H and O–H groups in total.